The van der Waals surface area contributed by atoms with Crippen LogP contribution in [0.2, 0.25) is 0 Å². The summed E-state index contributed by atoms with van der Waals surface area (Å²) in [6.45, 7) is 11.3. The Morgan fingerprint density at radius 1 is 1.32 bits per heavy atom. The summed E-state index contributed by atoms with van der Waals surface area (Å²) < 4.78 is 5.57. The van der Waals surface area contributed by atoms with Crippen LogP contribution in [-0.2, 0) is 0 Å². The molecule has 0 aliphatic carbocycles. The highest BCUT2D eigenvalue weighted by atomic mass is 16.5. The third kappa shape index (κ3) is 3.30. The largest absolute Gasteiger partial charge is 0.496 e. The molecule has 1 atom stereocenters. The lowest BCUT2D eigenvalue weighted by molar-refractivity contribution is 0.237. The highest BCUT2D eigenvalue weighted by Gasteiger charge is 2.30. The predicted octanol–water partition coefficient (Wildman–Crippen LogP) is 3.92. The minimum Gasteiger partial charge on any atom is -0.496 e. The van der Waals surface area contributed by atoms with Crippen molar-refractivity contribution in [1.29, 1.82) is 0 Å². The molecule has 106 valence electrons. The molecule has 0 bridgehead atoms. The molecule has 0 saturated carbocycles. The number of rotatable bonds is 3. The van der Waals surface area contributed by atoms with Gasteiger partial charge in [0.1, 0.15) is 5.75 Å². The molecule has 2 nitrogen and oxygen atoms in total. The van der Waals surface area contributed by atoms with Crippen LogP contribution in [-0.4, -0.2) is 20.2 Å². The third-order valence-corrected chi connectivity index (χ3v) is 4.15. The van der Waals surface area contributed by atoms with Crippen molar-refractivity contribution in [2.75, 3.05) is 20.2 Å². The van der Waals surface area contributed by atoms with Gasteiger partial charge in [0.25, 0.3) is 0 Å². The van der Waals surface area contributed by atoms with Gasteiger partial charge in [0.05, 0.1) is 7.11 Å². The third-order valence-electron chi connectivity index (χ3n) is 4.15. The first-order chi connectivity index (χ1) is 8.93. The number of hydrogen-bond donors (Lipinski definition) is 1. The maximum absolute atomic E-state index is 5.57. The van der Waals surface area contributed by atoms with Crippen LogP contribution >= 0.6 is 0 Å². The summed E-state index contributed by atoms with van der Waals surface area (Å²) >= 11 is 0. The summed E-state index contributed by atoms with van der Waals surface area (Å²) in [5, 5.41) is 3.57. The van der Waals surface area contributed by atoms with Crippen molar-refractivity contribution < 1.29 is 4.74 Å². The number of benzene rings is 1. The highest BCUT2D eigenvalue weighted by molar-refractivity contribution is 5.41. The Kier molecular flexibility index (Phi) is 4.19. The molecule has 0 aromatic heterocycles. The summed E-state index contributed by atoms with van der Waals surface area (Å²) in [5.41, 5.74) is 3.13. The number of piperidine rings is 1. The number of nitrogens with one attached hydrogen (secondary N) is 1. The summed E-state index contributed by atoms with van der Waals surface area (Å²) in [7, 11) is 1.77. The van der Waals surface area contributed by atoms with Gasteiger partial charge in [-0.3, -0.25) is 0 Å². The topological polar surface area (TPSA) is 21.3 Å². The Morgan fingerprint density at radius 2 is 2.05 bits per heavy atom. The number of ether oxygens (including phenoxy) is 1. The Labute approximate surface area is 117 Å². The van der Waals surface area contributed by atoms with Gasteiger partial charge in [-0.1, -0.05) is 39.8 Å². The summed E-state index contributed by atoms with van der Waals surface area (Å²) in [6, 6.07) is 6.66. The fourth-order valence-electron chi connectivity index (χ4n) is 3.05. The maximum atomic E-state index is 5.57. The van der Waals surface area contributed by atoms with Gasteiger partial charge in [0, 0.05) is 19.0 Å². The molecule has 1 fully saturated rings. The molecule has 0 spiro atoms. The molecule has 1 N–H and O–H groups in total. The summed E-state index contributed by atoms with van der Waals surface area (Å²) in [5.74, 6) is 2.15. The van der Waals surface area contributed by atoms with E-state index in [0.29, 0.717) is 17.3 Å². The zero-order valence-electron chi connectivity index (χ0n) is 12.9. The fraction of sp³-hybridized carbons (Fsp3) is 0.647. The molecule has 1 unspecified atom stereocenters. The van der Waals surface area contributed by atoms with Crippen LogP contribution < -0.4 is 10.1 Å². The van der Waals surface area contributed by atoms with Crippen LogP contribution in [0.25, 0.3) is 0 Å². The van der Waals surface area contributed by atoms with Crippen molar-refractivity contribution in [2.45, 2.75) is 46.0 Å². The van der Waals surface area contributed by atoms with Crippen LogP contribution in [0.1, 0.15) is 57.1 Å². The van der Waals surface area contributed by atoms with Crippen LogP contribution in [0.3, 0.4) is 0 Å². The van der Waals surface area contributed by atoms with Crippen molar-refractivity contribution in [3.8, 4) is 5.75 Å². The van der Waals surface area contributed by atoms with Crippen molar-refractivity contribution in [3.05, 3.63) is 29.3 Å². The maximum Gasteiger partial charge on any atom is 0.122 e. The van der Waals surface area contributed by atoms with Crippen LogP contribution in [0.4, 0.5) is 0 Å². The van der Waals surface area contributed by atoms with E-state index in [1.54, 1.807) is 7.11 Å². The molecule has 19 heavy (non-hydrogen) atoms. The molecular weight excluding hydrogens is 234 g/mol. The van der Waals surface area contributed by atoms with E-state index in [-0.39, 0.29) is 0 Å². The lowest BCUT2D eigenvalue weighted by Gasteiger charge is -2.36. The fourth-order valence-corrected chi connectivity index (χ4v) is 3.05. The predicted molar refractivity (Wildman–Crippen MR) is 81.1 cm³/mol. The van der Waals surface area contributed by atoms with Crippen LogP contribution in [0.15, 0.2) is 18.2 Å². The van der Waals surface area contributed by atoms with Crippen molar-refractivity contribution >= 4 is 0 Å². The minimum absolute atomic E-state index is 0.363. The zero-order chi connectivity index (χ0) is 14.0. The molecule has 1 aromatic carbocycles. The van der Waals surface area contributed by atoms with E-state index >= 15 is 0 Å². The highest BCUT2D eigenvalue weighted by Crippen LogP contribution is 2.38. The average Bonchev–Trinajstić information content (AvgIpc) is 2.36. The molecule has 1 aromatic rings. The smallest absolute Gasteiger partial charge is 0.122 e. The first kappa shape index (κ1) is 14.4. The minimum atomic E-state index is 0.363. The second-order valence-electron chi connectivity index (χ2n) is 6.85. The van der Waals surface area contributed by atoms with Crippen LogP contribution in [0, 0.1) is 5.41 Å². The summed E-state index contributed by atoms with van der Waals surface area (Å²) in [6.07, 6.45) is 1.22. The van der Waals surface area contributed by atoms with Crippen molar-refractivity contribution in [1.82, 2.24) is 5.32 Å². The van der Waals surface area contributed by atoms with Gasteiger partial charge in [-0.15, -0.1) is 0 Å². The van der Waals surface area contributed by atoms with E-state index in [9.17, 15) is 0 Å². The summed E-state index contributed by atoms with van der Waals surface area (Å²) in [4.78, 5) is 0. The lowest BCUT2D eigenvalue weighted by atomic mass is 9.76. The Bertz CT molecular complexity index is 437. The van der Waals surface area contributed by atoms with Gasteiger partial charge >= 0.3 is 0 Å². The van der Waals surface area contributed by atoms with E-state index in [0.717, 1.165) is 18.8 Å². The first-order valence-corrected chi connectivity index (χ1v) is 7.31. The molecular formula is C17H27NO. The van der Waals surface area contributed by atoms with E-state index in [2.05, 4.69) is 51.2 Å². The van der Waals surface area contributed by atoms with Crippen LogP contribution in [0.5, 0.6) is 5.75 Å². The van der Waals surface area contributed by atoms with E-state index < -0.39 is 0 Å². The van der Waals surface area contributed by atoms with Gasteiger partial charge < -0.3 is 10.1 Å². The molecule has 1 aliphatic rings. The molecule has 1 saturated heterocycles. The first-order valence-electron chi connectivity index (χ1n) is 7.31. The molecule has 1 aliphatic heterocycles. The number of methoxy groups -OCH3 is 1. The second kappa shape index (κ2) is 5.54. The Hall–Kier alpha value is -1.02. The molecule has 2 heteroatoms. The van der Waals surface area contributed by atoms with Gasteiger partial charge in [-0.05, 0) is 34.9 Å². The molecule has 1 heterocycles. The molecule has 2 rings (SSSR count). The molecule has 0 radical (unpaired) electrons. The van der Waals surface area contributed by atoms with Gasteiger partial charge in [-0.25, -0.2) is 0 Å². The van der Waals surface area contributed by atoms with Crippen molar-refractivity contribution in [3.63, 3.8) is 0 Å². The number of hydrogen-bond acceptors (Lipinski definition) is 2. The second-order valence-corrected chi connectivity index (χ2v) is 6.85. The van der Waals surface area contributed by atoms with E-state index in [1.165, 1.54) is 17.5 Å². The van der Waals surface area contributed by atoms with Gasteiger partial charge in [0.2, 0.25) is 0 Å². The normalized spacial score (nSPS) is 22.5. The lowest BCUT2D eigenvalue weighted by Crippen LogP contribution is -2.40. The standard InChI is InChI=1S/C17H27NO/c1-12(2)13-6-7-16(19-5)15(8-13)14-9-17(3,4)11-18-10-14/h6-8,12,14,18H,9-11H2,1-5H3. The van der Waals surface area contributed by atoms with E-state index in [4.69, 9.17) is 4.74 Å². The SMILES string of the molecule is COc1ccc(C(C)C)cc1C1CNCC(C)(C)C1. The monoisotopic (exact) mass is 261 g/mol. The Balaban J connectivity index is 2.33. The Morgan fingerprint density at radius 3 is 2.63 bits per heavy atom. The molecule has 0 amide bonds. The quantitative estimate of drug-likeness (QED) is 0.890. The van der Waals surface area contributed by atoms with Crippen molar-refractivity contribution in [2.24, 2.45) is 5.41 Å². The van der Waals surface area contributed by atoms with Gasteiger partial charge in [0.15, 0.2) is 0 Å². The average molecular weight is 261 g/mol. The van der Waals surface area contributed by atoms with Gasteiger partial charge in [-0.2, -0.15) is 0 Å². The van der Waals surface area contributed by atoms with E-state index in [1.807, 2.05) is 0 Å². The zero-order valence-corrected chi connectivity index (χ0v) is 12.9.